The highest BCUT2D eigenvalue weighted by Crippen LogP contribution is 2.34. The maximum absolute atomic E-state index is 5.82. The molecule has 0 unspecified atom stereocenters. The van der Waals surface area contributed by atoms with Gasteiger partial charge in [0.1, 0.15) is 6.73 Å². The van der Waals surface area contributed by atoms with Crippen LogP contribution in [-0.4, -0.2) is 29.3 Å². The minimum absolute atomic E-state index is 0.275. The zero-order valence-electron chi connectivity index (χ0n) is 9.05. The first kappa shape index (κ1) is 9.47. The number of fused-ring (bicyclic) bond motifs is 1. The first-order valence-electron chi connectivity index (χ1n) is 5.47. The van der Waals surface area contributed by atoms with E-state index in [0.717, 1.165) is 6.73 Å². The van der Waals surface area contributed by atoms with Crippen LogP contribution in [0.2, 0.25) is 0 Å². The van der Waals surface area contributed by atoms with Gasteiger partial charge < -0.3 is 4.74 Å². The van der Waals surface area contributed by atoms with Crippen LogP contribution < -0.4 is 0 Å². The Morgan fingerprint density at radius 2 is 1.85 bits per heavy atom. The fourth-order valence-corrected chi connectivity index (χ4v) is 2.59. The first-order chi connectivity index (χ1) is 6.09. The molecule has 1 aliphatic heterocycles. The van der Waals surface area contributed by atoms with E-state index >= 15 is 0 Å². The van der Waals surface area contributed by atoms with Crippen molar-refractivity contribution < 1.29 is 4.74 Å². The summed E-state index contributed by atoms with van der Waals surface area (Å²) in [7, 11) is 0. The van der Waals surface area contributed by atoms with Crippen molar-refractivity contribution in [1.82, 2.24) is 4.90 Å². The van der Waals surface area contributed by atoms with Crippen molar-refractivity contribution in [3.05, 3.63) is 0 Å². The standard InChI is InChI=1S/C11H21NO/c1-11(2,3)12-8-13-10-7-5-4-6-9(10)12/h9-10H,4-8H2,1-3H3/t9-,10-/m0/s1. The normalized spacial score (nSPS) is 36.2. The molecule has 2 rings (SSSR count). The van der Waals surface area contributed by atoms with Crippen LogP contribution in [0.3, 0.4) is 0 Å². The maximum atomic E-state index is 5.82. The van der Waals surface area contributed by atoms with Gasteiger partial charge in [0.05, 0.1) is 6.10 Å². The number of hydrogen-bond donors (Lipinski definition) is 0. The third-order valence-corrected chi connectivity index (χ3v) is 3.36. The molecule has 0 radical (unpaired) electrons. The zero-order chi connectivity index (χ0) is 9.47. The molecule has 0 aromatic rings. The van der Waals surface area contributed by atoms with Gasteiger partial charge in [0.2, 0.25) is 0 Å². The van der Waals surface area contributed by atoms with Crippen molar-refractivity contribution in [2.24, 2.45) is 0 Å². The van der Waals surface area contributed by atoms with Gasteiger partial charge in [-0.25, -0.2) is 0 Å². The second kappa shape index (κ2) is 3.25. The molecular weight excluding hydrogens is 162 g/mol. The third kappa shape index (κ3) is 1.75. The topological polar surface area (TPSA) is 12.5 Å². The molecule has 2 atom stereocenters. The second-order valence-corrected chi connectivity index (χ2v) is 5.33. The Balaban J connectivity index is 2.07. The maximum Gasteiger partial charge on any atom is 0.100 e. The van der Waals surface area contributed by atoms with Crippen molar-refractivity contribution in [3.63, 3.8) is 0 Å². The summed E-state index contributed by atoms with van der Waals surface area (Å²) in [6.45, 7) is 7.70. The van der Waals surface area contributed by atoms with Crippen molar-refractivity contribution in [2.75, 3.05) is 6.73 Å². The quantitative estimate of drug-likeness (QED) is 0.571. The molecule has 1 aliphatic carbocycles. The lowest BCUT2D eigenvalue weighted by Crippen LogP contribution is -2.47. The van der Waals surface area contributed by atoms with Crippen LogP contribution in [0.4, 0.5) is 0 Å². The molecule has 0 N–H and O–H groups in total. The second-order valence-electron chi connectivity index (χ2n) is 5.33. The van der Waals surface area contributed by atoms with E-state index in [-0.39, 0.29) is 5.54 Å². The van der Waals surface area contributed by atoms with Gasteiger partial charge in [0, 0.05) is 11.6 Å². The molecular formula is C11H21NO. The smallest absolute Gasteiger partial charge is 0.100 e. The first-order valence-corrected chi connectivity index (χ1v) is 5.47. The minimum atomic E-state index is 0.275. The Morgan fingerprint density at radius 1 is 1.15 bits per heavy atom. The Labute approximate surface area is 81.3 Å². The van der Waals surface area contributed by atoms with Crippen LogP contribution in [0.15, 0.2) is 0 Å². The predicted octanol–water partition coefficient (Wildman–Crippen LogP) is 2.39. The van der Waals surface area contributed by atoms with E-state index in [1.54, 1.807) is 0 Å². The van der Waals surface area contributed by atoms with Crippen LogP contribution in [0.5, 0.6) is 0 Å². The molecule has 1 saturated carbocycles. The third-order valence-electron chi connectivity index (χ3n) is 3.36. The van der Waals surface area contributed by atoms with Gasteiger partial charge in [-0.05, 0) is 33.6 Å². The summed E-state index contributed by atoms with van der Waals surface area (Å²) in [6.07, 6.45) is 5.89. The number of hydrogen-bond acceptors (Lipinski definition) is 2. The molecule has 0 amide bonds. The molecule has 0 aromatic heterocycles. The van der Waals surface area contributed by atoms with Gasteiger partial charge in [0.15, 0.2) is 0 Å². The van der Waals surface area contributed by atoms with E-state index in [9.17, 15) is 0 Å². The highest BCUT2D eigenvalue weighted by molar-refractivity contribution is 4.92. The lowest BCUT2D eigenvalue weighted by Gasteiger charge is -2.38. The van der Waals surface area contributed by atoms with E-state index in [0.29, 0.717) is 12.1 Å². The van der Waals surface area contributed by atoms with Crippen molar-refractivity contribution in [3.8, 4) is 0 Å². The average molecular weight is 183 g/mol. The number of ether oxygens (including phenoxy) is 1. The summed E-state index contributed by atoms with van der Waals surface area (Å²) in [5, 5.41) is 0. The molecule has 2 fully saturated rings. The SMILES string of the molecule is CC(C)(C)N1CO[C@H]2CCCC[C@@H]21. The Hall–Kier alpha value is -0.0800. The molecule has 0 bridgehead atoms. The van der Waals surface area contributed by atoms with Crippen LogP contribution in [-0.2, 0) is 4.74 Å². The van der Waals surface area contributed by atoms with Crippen LogP contribution >= 0.6 is 0 Å². The lowest BCUT2D eigenvalue weighted by atomic mass is 9.90. The summed E-state index contributed by atoms with van der Waals surface area (Å²) in [5.74, 6) is 0. The van der Waals surface area contributed by atoms with Crippen LogP contribution in [0, 0.1) is 0 Å². The van der Waals surface area contributed by atoms with E-state index in [1.807, 2.05) is 0 Å². The summed E-state index contributed by atoms with van der Waals surface area (Å²) in [4.78, 5) is 2.52. The van der Waals surface area contributed by atoms with E-state index in [1.165, 1.54) is 25.7 Å². The predicted molar refractivity (Wildman–Crippen MR) is 53.6 cm³/mol. The largest absolute Gasteiger partial charge is 0.361 e. The van der Waals surface area contributed by atoms with E-state index in [2.05, 4.69) is 25.7 Å². The summed E-state index contributed by atoms with van der Waals surface area (Å²) in [5.41, 5.74) is 0.275. The van der Waals surface area contributed by atoms with Gasteiger partial charge in [0.25, 0.3) is 0 Å². The lowest BCUT2D eigenvalue weighted by molar-refractivity contribution is 0.0579. The van der Waals surface area contributed by atoms with Crippen LogP contribution in [0.25, 0.3) is 0 Å². The molecule has 1 heterocycles. The molecule has 76 valence electrons. The van der Waals surface area contributed by atoms with Gasteiger partial charge in [-0.15, -0.1) is 0 Å². The van der Waals surface area contributed by atoms with Crippen molar-refractivity contribution in [2.45, 2.75) is 64.1 Å². The summed E-state index contributed by atoms with van der Waals surface area (Å²) >= 11 is 0. The average Bonchev–Trinajstić information content (AvgIpc) is 2.45. The number of rotatable bonds is 0. The van der Waals surface area contributed by atoms with Gasteiger partial charge in [-0.3, -0.25) is 4.90 Å². The molecule has 0 spiro atoms. The molecule has 2 nitrogen and oxygen atoms in total. The van der Waals surface area contributed by atoms with Crippen molar-refractivity contribution >= 4 is 0 Å². The highest BCUT2D eigenvalue weighted by atomic mass is 16.5. The fraction of sp³-hybridized carbons (Fsp3) is 1.00. The molecule has 13 heavy (non-hydrogen) atoms. The summed E-state index contributed by atoms with van der Waals surface area (Å²) in [6, 6.07) is 0.703. The van der Waals surface area contributed by atoms with Gasteiger partial charge >= 0.3 is 0 Å². The van der Waals surface area contributed by atoms with Gasteiger partial charge in [-0.1, -0.05) is 12.8 Å². The Bertz CT molecular complexity index is 185. The zero-order valence-corrected chi connectivity index (χ0v) is 9.05. The van der Waals surface area contributed by atoms with E-state index < -0.39 is 0 Å². The molecule has 1 saturated heterocycles. The minimum Gasteiger partial charge on any atom is -0.361 e. The van der Waals surface area contributed by atoms with Gasteiger partial charge in [-0.2, -0.15) is 0 Å². The summed E-state index contributed by atoms with van der Waals surface area (Å²) < 4.78 is 5.82. The molecule has 0 aromatic carbocycles. The monoisotopic (exact) mass is 183 g/mol. The van der Waals surface area contributed by atoms with E-state index in [4.69, 9.17) is 4.74 Å². The fourth-order valence-electron chi connectivity index (χ4n) is 2.59. The van der Waals surface area contributed by atoms with Crippen LogP contribution in [0.1, 0.15) is 46.5 Å². The highest BCUT2D eigenvalue weighted by Gasteiger charge is 2.41. The Kier molecular flexibility index (Phi) is 2.37. The Morgan fingerprint density at radius 3 is 2.54 bits per heavy atom. The van der Waals surface area contributed by atoms with Crippen molar-refractivity contribution in [1.29, 1.82) is 0 Å². The molecule has 2 aliphatic rings. The number of nitrogens with zero attached hydrogens (tertiary/aromatic N) is 1. The molecule has 2 heteroatoms.